The predicted molar refractivity (Wildman–Crippen MR) is 129 cm³/mol. The van der Waals surface area contributed by atoms with Gasteiger partial charge in [-0.3, -0.25) is 19.4 Å². The average Bonchev–Trinajstić information content (AvgIpc) is 2.76. The van der Waals surface area contributed by atoms with Gasteiger partial charge >= 0.3 is 5.97 Å². The van der Waals surface area contributed by atoms with E-state index in [-0.39, 0.29) is 31.3 Å². The van der Waals surface area contributed by atoms with E-state index in [1.54, 1.807) is 0 Å². The Morgan fingerprint density at radius 1 is 0.970 bits per heavy atom. The van der Waals surface area contributed by atoms with Crippen molar-refractivity contribution < 1.29 is 24.3 Å². The molecule has 0 aliphatic carbocycles. The van der Waals surface area contributed by atoms with E-state index in [9.17, 15) is 24.3 Å². The number of thioether (sulfide) groups is 1. The quantitative estimate of drug-likeness (QED) is 0.0779. The molecule has 0 bridgehead atoms. The standard InChI is InChI=1S/C20H39N7O5S/c1-5-11(2)15(21)18(30)26-13(7-6-9-24-20(22)23)17(29)25-12(3)16(28)27-14(19(31)32)8-10-33-4/h11-15H,5-10,21H2,1-4H3,(H,25,29)(H,26,30)(H,27,28)(H,31,32)(H4,22,23,24). The lowest BCUT2D eigenvalue weighted by Gasteiger charge is -2.24. The Labute approximate surface area is 199 Å². The van der Waals surface area contributed by atoms with Gasteiger partial charge in [0.15, 0.2) is 5.96 Å². The molecule has 0 saturated heterocycles. The second-order valence-corrected chi connectivity index (χ2v) is 8.82. The SMILES string of the molecule is CCC(C)C(N)C(=O)NC(CCCN=C(N)N)C(=O)NC(C)C(=O)NC(CCSC)C(=O)O. The molecule has 0 aromatic heterocycles. The van der Waals surface area contributed by atoms with Crippen LogP contribution in [0.5, 0.6) is 0 Å². The number of aliphatic carboxylic acids is 1. The molecule has 10 N–H and O–H groups in total. The third-order valence-corrected chi connectivity index (χ3v) is 5.76. The van der Waals surface area contributed by atoms with Crippen molar-refractivity contribution in [1.29, 1.82) is 0 Å². The molecule has 0 aromatic carbocycles. The number of rotatable bonds is 16. The highest BCUT2D eigenvalue weighted by Crippen LogP contribution is 2.07. The van der Waals surface area contributed by atoms with Gasteiger partial charge in [-0.15, -0.1) is 0 Å². The van der Waals surface area contributed by atoms with Crippen molar-refractivity contribution in [3.05, 3.63) is 0 Å². The fourth-order valence-electron chi connectivity index (χ4n) is 2.72. The molecular formula is C20H39N7O5S. The van der Waals surface area contributed by atoms with Crippen LogP contribution in [0.3, 0.4) is 0 Å². The number of aliphatic imine (C=N–C) groups is 1. The van der Waals surface area contributed by atoms with Gasteiger partial charge in [0.1, 0.15) is 18.1 Å². The molecule has 3 amide bonds. The second-order valence-electron chi connectivity index (χ2n) is 7.83. The highest BCUT2D eigenvalue weighted by molar-refractivity contribution is 7.98. The molecule has 190 valence electrons. The summed E-state index contributed by atoms with van der Waals surface area (Å²) >= 11 is 1.46. The number of nitrogens with one attached hydrogen (secondary N) is 3. The maximum atomic E-state index is 12.8. The maximum absolute atomic E-state index is 12.8. The van der Waals surface area contributed by atoms with Crippen LogP contribution in [-0.2, 0) is 19.2 Å². The van der Waals surface area contributed by atoms with Crippen molar-refractivity contribution >= 4 is 41.4 Å². The summed E-state index contributed by atoms with van der Waals surface area (Å²) in [4.78, 5) is 53.0. The van der Waals surface area contributed by atoms with Gasteiger partial charge in [0, 0.05) is 6.54 Å². The Balaban J connectivity index is 5.19. The fourth-order valence-corrected chi connectivity index (χ4v) is 3.19. The predicted octanol–water partition coefficient (Wildman–Crippen LogP) is -1.27. The average molecular weight is 490 g/mol. The van der Waals surface area contributed by atoms with Crippen LogP contribution in [-0.4, -0.2) is 77.5 Å². The van der Waals surface area contributed by atoms with E-state index in [1.807, 2.05) is 20.1 Å². The molecule has 5 unspecified atom stereocenters. The van der Waals surface area contributed by atoms with Gasteiger partial charge in [-0.1, -0.05) is 20.3 Å². The first-order valence-corrected chi connectivity index (χ1v) is 12.3. The number of amides is 3. The summed E-state index contributed by atoms with van der Waals surface area (Å²) < 4.78 is 0. The fraction of sp³-hybridized carbons (Fsp3) is 0.750. The third-order valence-electron chi connectivity index (χ3n) is 5.12. The summed E-state index contributed by atoms with van der Waals surface area (Å²) in [7, 11) is 0. The normalized spacial score (nSPS) is 15.3. The highest BCUT2D eigenvalue weighted by Gasteiger charge is 2.29. The van der Waals surface area contributed by atoms with Gasteiger partial charge in [0.05, 0.1) is 6.04 Å². The van der Waals surface area contributed by atoms with Crippen molar-refractivity contribution in [2.45, 2.75) is 70.6 Å². The number of carboxylic acid groups (broad SMARTS) is 1. The molecule has 0 aliphatic heterocycles. The zero-order valence-electron chi connectivity index (χ0n) is 19.8. The Bertz CT molecular complexity index is 688. The molecule has 0 saturated carbocycles. The first kappa shape index (κ1) is 30.5. The van der Waals surface area contributed by atoms with Crippen molar-refractivity contribution in [1.82, 2.24) is 16.0 Å². The number of carbonyl (C=O) groups excluding carboxylic acids is 3. The monoisotopic (exact) mass is 489 g/mol. The minimum Gasteiger partial charge on any atom is -0.480 e. The minimum absolute atomic E-state index is 0.0846. The largest absolute Gasteiger partial charge is 0.480 e. The van der Waals surface area contributed by atoms with Gasteiger partial charge in [0.25, 0.3) is 0 Å². The van der Waals surface area contributed by atoms with Crippen molar-refractivity contribution in [2.24, 2.45) is 28.1 Å². The first-order valence-electron chi connectivity index (χ1n) is 10.9. The number of nitrogens with two attached hydrogens (primary N) is 3. The van der Waals surface area contributed by atoms with E-state index in [0.717, 1.165) is 0 Å². The van der Waals surface area contributed by atoms with Crippen molar-refractivity contribution in [3.63, 3.8) is 0 Å². The Hall–Kier alpha value is -2.54. The zero-order chi connectivity index (χ0) is 25.6. The molecule has 13 heteroatoms. The molecule has 0 heterocycles. The summed E-state index contributed by atoms with van der Waals surface area (Å²) in [6.45, 7) is 5.43. The van der Waals surface area contributed by atoms with Crippen LogP contribution in [0.4, 0.5) is 0 Å². The Morgan fingerprint density at radius 2 is 1.58 bits per heavy atom. The molecule has 0 spiro atoms. The van der Waals surface area contributed by atoms with Gasteiger partial charge in [0.2, 0.25) is 17.7 Å². The van der Waals surface area contributed by atoms with Crippen LogP contribution in [0.15, 0.2) is 4.99 Å². The van der Waals surface area contributed by atoms with E-state index in [1.165, 1.54) is 18.7 Å². The molecule has 0 rings (SSSR count). The third kappa shape index (κ3) is 12.3. The second kappa shape index (κ2) is 16.1. The number of guanidine groups is 1. The lowest BCUT2D eigenvalue weighted by atomic mass is 9.98. The number of carboxylic acids is 1. The zero-order valence-corrected chi connectivity index (χ0v) is 20.6. The number of hydrogen-bond donors (Lipinski definition) is 7. The van der Waals surface area contributed by atoms with Gasteiger partial charge in [-0.25, -0.2) is 4.79 Å². The molecule has 0 radical (unpaired) electrons. The molecule has 33 heavy (non-hydrogen) atoms. The smallest absolute Gasteiger partial charge is 0.326 e. The van der Waals surface area contributed by atoms with Crippen LogP contribution in [0.1, 0.15) is 46.5 Å². The number of hydrogen-bond acceptors (Lipinski definition) is 7. The summed E-state index contributed by atoms with van der Waals surface area (Å²) in [5, 5.41) is 16.9. The molecule has 0 aromatic rings. The minimum atomic E-state index is -1.15. The molecule has 0 aliphatic rings. The topological polar surface area (TPSA) is 215 Å². The molecule has 5 atom stereocenters. The maximum Gasteiger partial charge on any atom is 0.326 e. The summed E-state index contributed by atoms with van der Waals surface area (Å²) in [5.41, 5.74) is 16.6. The highest BCUT2D eigenvalue weighted by atomic mass is 32.2. The van der Waals surface area contributed by atoms with Crippen LogP contribution < -0.4 is 33.2 Å². The molecule has 0 fully saturated rings. The van der Waals surface area contributed by atoms with E-state index >= 15 is 0 Å². The first-order chi connectivity index (χ1) is 15.4. The van der Waals surface area contributed by atoms with E-state index in [2.05, 4.69) is 20.9 Å². The van der Waals surface area contributed by atoms with E-state index in [0.29, 0.717) is 18.6 Å². The van der Waals surface area contributed by atoms with Crippen LogP contribution in [0.2, 0.25) is 0 Å². The summed E-state index contributed by atoms with van der Waals surface area (Å²) in [6, 6.07) is -3.85. The van der Waals surface area contributed by atoms with Crippen molar-refractivity contribution in [3.8, 4) is 0 Å². The molecule has 12 nitrogen and oxygen atoms in total. The van der Waals surface area contributed by atoms with Gasteiger partial charge < -0.3 is 38.3 Å². The van der Waals surface area contributed by atoms with Crippen LogP contribution >= 0.6 is 11.8 Å². The lowest BCUT2D eigenvalue weighted by molar-refractivity contribution is -0.142. The van der Waals surface area contributed by atoms with E-state index < -0.39 is 47.9 Å². The summed E-state index contributed by atoms with van der Waals surface area (Å²) in [6.07, 6.45) is 3.37. The lowest BCUT2D eigenvalue weighted by Crippen LogP contribution is -2.57. The van der Waals surface area contributed by atoms with E-state index in [4.69, 9.17) is 17.2 Å². The van der Waals surface area contributed by atoms with Crippen LogP contribution in [0, 0.1) is 5.92 Å². The Kier molecular flexibility index (Phi) is 14.9. The van der Waals surface area contributed by atoms with Gasteiger partial charge in [-0.05, 0) is 44.1 Å². The van der Waals surface area contributed by atoms with Gasteiger partial charge in [-0.2, -0.15) is 11.8 Å². The van der Waals surface area contributed by atoms with Crippen LogP contribution in [0.25, 0.3) is 0 Å². The summed E-state index contributed by atoms with van der Waals surface area (Å²) in [5.74, 6) is -2.49. The number of nitrogens with zero attached hydrogens (tertiary/aromatic N) is 1. The molecular weight excluding hydrogens is 450 g/mol. The Morgan fingerprint density at radius 3 is 2.09 bits per heavy atom. The van der Waals surface area contributed by atoms with Crippen molar-refractivity contribution in [2.75, 3.05) is 18.6 Å². The number of carbonyl (C=O) groups is 4.